The van der Waals surface area contributed by atoms with Crippen molar-refractivity contribution in [3.05, 3.63) is 164 Å². The lowest BCUT2D eigenvalue weighted by Crippen LogP contribution is -2.54. The molecule has 3 heterocycles. The molecular formula is C42H33BrClN3O4. The van der Waals surface area contributed by atoms with Gasteiger partial charge in [0.05, 0.1) is 5.69 Å². The molecule has 1 fully saturated rings. The molecule has 3 aliphatic heterocycles. The maximum absolute atomic E-state index is 14.4. The third kappa shape index (κ3) is 6.46. The molecular weight excluding hydrogens is 726 g/mol. The van der Waals surface area contributed by atoms with E-state index in [1.54, 1.807) is 24.3 Å². The van der Waals surface area contributed by atoms with E-state index in [0.29, 0.717) is 22.0 Å². The molecule has 1 N–H and O–H groups in total. The number of barbiturate groups is 1. The third-order valence-electron chi connectivity index (χ3n) is 9.94. The lowest BCUT2D eigenvalue weighted by atomic mass is 9.76. The fourth-order valence-corrected chi connectivity index (χ4v) is 8.03. The highest BCUT2D eigenvalue weighted by molar-refractivity contribution is 9.10. The van der Waals surface area contributed by atoms with Gasteiger partial charge in [-0.3, -0.25) is 14.9 Å². The minimum atomic E-state index is -0.779. The number of nitrogens with one attached hydrogen (secondary N) is 1. The van der Waals surface area contributed by atoms with Gasteiger partial charge in [0, 0.05) is 45.7 Å². The van der Waals surface area contributed by atoms with Gasteiger partial charge in [-0.2, -0.15) is 0 Å². The van der Waals surface area contributed by atoms with E-state index in [-0.39, 0.29) is 24.0 Å². The van der Waals surface area contributed by atoms with Gasteiger partial charge in [0.1, 0.15) is 17.9 Å². The number of amides is 4. The van der Waals surface area contributed by atoms with Crippen molar-refractivity contribution in [2.75, 3.05) is 22.9 Å². The summed E-state index contributed by atoms with van der Waals surface area (Å²) in [6.07, 6.45) is 3.30. The molecule has 5 aromatic rings. The van der Waals surface area contributed by atoms with Crippen molar-refractivity contribution in [2.45, 2.75) is 31.3 Å². The second-order valence-electron chi connectivity index (χ2n) is 13.0. The first-order valence-corrected chi connectivity index (χ1v) is 18.1. The van der Waals surface area contributed by atoms with Crippen LogP contribution in [0.3, 0.4) is 0 Å². The highest BCUT2D eigenvalue weighted by Gasteiger charge is 2.40. The predicted molar refractivity (Wildman–Crippen MR) is 203 cm³/mol. The number of ether oxygens (including phenoxy) is 1. The van der Waals surface area contributed by atoms with Gasteiger partial charge < -0.3 is 9.64 Å². The number of carbonyl (C=O) groups excluding carboxylic acids is 3. The van der Waals surface area contributed by atoms with E-state index in [0.717, 1.165) is 52.0 Å². The largest absolute Gasteiger partial charge is 0.488 e. The lowest BCUT2D eigenvalue weighted by Gasteiger charge is -2.44. The zero-order valence-electron chi connectivity index (χ0n) is 27.5. The van der Waals surface area contributed by atoms with Gasteiger partial charge in [-0.05, 0) is 89.2 Å². The minimum absolute atomic E-state index is 0.0762. The smallest absolute Gasteiger partial charge is 0.335 e. The second-order valence-corrected chi connectivity index (χ2v) is 14.4. The van der Waals surface area contributed by atoms with Crippen molar-refractivity contribution in [1.29, 1.82) is 0 Å². The molecule has 7 nitrogen and oxygen atoms in total. The first-order valence-electron chi connectivity index (χ1n) is 16.9. The number of anilines is 2. The summed E-state index contributed by atoms with van der Waals surface area (Å²) in [6.45, 7) is 2.08. The number of benzene rings is 5. The van der Waals surface area contributed by atoms with Crippen LogP contribution in [0.15, 0.2) is 125 Å². The summed E-state index contributed by atoms with van der Waals surface area (Å²) in [6, 6.07) is 36.6. The zero-order valence-corrected chi connectivity index (χ0v) is 29.9. The normalized spacial score (nSPS) is 19.2. The number of rotatable bonds is 7. The Bertz CT molecular complexity index is 2120. The van der Waals surface area contributed by atoms with Crippen LogP contribution in [-0.2, 0) is 16.2 Å². The Morgan fingerprint density at radius 2 is 1.39 bits per heavy atom. The molecule has 0 unspecified atom stereocenters. The molecule has 0 saturated carbocycles. The van der Waals surface area contributed by atoms with E-state index in [4.69, 9.17) is 16.3 Å². The van der Waals surface area contributed by atoms with Gasteiger partial charge in [0.2, 0.25) is 0 Å². The SMILES string of the molecule is O=C1NC(=O)N(c2cc3c4c(c2)[C@H](c2ccccc2)CCN4CC[C@H]3c2ccccc2)C(=O)/C1=C/c1cc(Br)ccc1OCc1ccc(Cl)cc1. The number of carbonyl (C=O) groups is 3. The fraction of sp³-hybridized carbons (Fsp3) is 0.167. The summed E-state index contributed by atoms with van der Waals surface area (Å²) < 4.78 is 6.88. The van der Waals surface area contributed by atoms with E-state index in [9.17, 15) is 14.4 Å². The van der Waals surface area contributed by atoms with Gasteiger partial charge in [-0.1, -0.05) is 100 Å². The Morgan fingerprint density at radius 1 is 0.784 bits per heavy atom. The number of imide groups is 2. The lowest BCUT2D eigenvalue weighted by molar-refractivity contribution is -0.122. The topological polar surface area (TPSA) is 79.0 Å². The summed E-state index contributed by atoms with van der Waals surface area (Å²) >= 11 is 9.56. The van der Waals surface area contributed by atoms with Crippen LogP contribution in [0.2, 0.25) is 5.02 Å². The monoisotopic (exact) mass is 757 g/mol. The van der Waals surface area contributed by atoms with Crippen LogP contribution < -0.4 is 19.9 Å². The van der Waals surface area contributed by atoms with Crippen molar-refractivity contribution in [1.82, 2.24) is 5.32 Å². The number of hydrogen-bond donors (Lipinski definition) is 1. The van der Waals surface area contributed by atoms with Crippen LogP contribution in [0.1, 0.15) is 58.1 Å². The number of halogens is 2. The summed E-state index contributed by atoms with van der Waals surface area (Å²) in [5.74, 6) is -0.839. The molecule has 51 heavy (non-hydrogen) atoms. The van der Waals surface area contributed by atoms with Gasteiger partial charge in [0.15, 0.2) is 0 Å². The average molecular weight is 759 g/mol. The summed E-state index contributed by atoms with van der Waals surface area (Å²) in [5, 5.41) is 3.06. The van der Waals surface area contributed by atoms with Crippen molar-refractivity contribution in [2.24, 2.45) is 0 Å². The first kappa shape index (κ1) is 33.0. The molecule has 4 amide bonds. The van der Waals surface area contributed by atoms with Crippen molar-refractivity contribution >= 4 is 62.8 Å². The maximum Gasteiger partial charge on any atom is 0.335 e. The van der Waals surface area contributed by atoms with Crippen LogP contribution in [0.5, 0.6) is 5.75 Å². The number of nitrogens with zero attached hydrogens (tertiary/aromatic N) is 2. The third-order valence-corrected chi connectivity index (χ3v) is 10.7. The Balaban J connectivity index is 1.21. The van der Waals surface area contributed by atoms with E-state index in [1.165, 1.54) is 22.9 Å². The van der Waals surface area contributed by atoms with Gasteiger partial charge >= 0.3 is 6.03 Å². The molecule has 0 aromatic heterocycles. The van der Waals surface area contributed by atoms with Crippen LogP contribution in [0, 0.1) is 0 Å². The molecule has 3 aliphatic rings. The molecule has 5 aromatic carbocycles. The standard InChI is InChI=1S/C42H33BrClN3O4/c43-30-13-16-38(51-25-26-11-14-31(44)15-12-26)29(21-30)22-37-40(48)45-42(50)47(41(37)49)32-23-35-33(27-7-3-1-4-8-27)17-19-46-20-18-34(36(24-32)39(35)46)28-9-5-2-6-10-28/h1-16,21-24,33-34H,17-20,25H2,(H,45,48,50)/b37-22+/t33-,34-/m0/s1. The molecule has 9 heteroatoms. The molecule has 0 aliphatic carbocycles. The Labute approximate surface area is 309 Å². The Kier molecular flexibility index (Phi) is 8.96. The highest BCUT2D eigenvalue weighted by atomic mass is 79.9. The fourth-order valence-electron chi connectivity index (χ4n) is 7.52. The highest BCUT2D eigenvalue weighted by Crippen LogP contribution is 2.50. The van der Waals surface area contributed by atoms with Crippen molar-refractivity contribution in [3.8, 4) is 5.75 Å². The summed E-state index contributed by atoms with van der Waals surface area (Å²) in [5.41, 5.74) is 7.38. The van der Waals surface area contributed by atoms with Crippen LogP contribution in [-0.4, -0.2) is 30.9 Å². The molecule has 8 rings (SSSR count). The molecule has 0 radical (unpaired) electrons. The number of urea groups is 1. The Hall–Kier alpha value is -5.18. The van der Waals surface area contributed by atoms with Gasteiger partial charge in [-0.15, -0.1) is 0 Å². The molecule has 2 atom stereocenters. The summed E-state index contributed by atoms with van der Waals surface area (Å²) in [4.78, 5) is 45.0. The van der Waals surface area contributed by atoms with Gasteiger partial charge in [0.25, 0.3) is 11.8 Å². The van der Waals surface area contributed by atoms with Gasteiger partial charge in [-0.25, -0.2) is 9.69 Å². The Morgan fingerprint density at radius 3 is 2.00 bits per heavy atom. The van der Waals surface area contributed by atoms with E-state index in [1.807, 2.05) is 66.7 Å². The molecule has 0 spiro atoms. The maximum atomic E-state index is 14.4. The predicted octanol–water partition coefficient (Wildman–Crippen LogP) is 9.23. The van der Waals surface area contributed by atoms with E-state index >= 15 is 0 Å². The van der Waals surface area contributed by atoms with Crippen molar-refractivity contribution in [3.63, 3.8) is 0 Å². The number of hydrogen-bond acceptors (Lipinski definition) is 5. The average Bonchev–Trinajstić information content (AvgIpc) is 3.14. The van der Waals surface area contributed by atoms with Crippen LogP contribution >= 0.6 is 27.5 Å². The summed E-state index contributed by atoms with van der Waals surface area (Å²) in [7, 11) is 0. The van der Waals surface area contributed by atoms with E-state index in [2.05, 4.69) is 50.4 Å². The van der Waals surface area contributed by atoms with Crippen molar-refractivity contribution < 1.29 is 19.1 Å². The second kappa shape index (κ2) is 13.9. The quantitative estimate of drug-likeness (QED) is 0.132. The van der Waals surface area contributed by atoms with Crippen LogP contribution in [0.25, 0.3) is 6.08 Å². The minimum Gasteiger partial charge on any atom is -0.488 e. The zero-order chi connectivity index (χ0) is 35.1. The molecule has 0 bridgehead atoms. The van der Waals surface area contributed by atoms with E-state index < -0.39 is 17.8 Å². The van der Waals surface area contributed by atoms with Crippen LogP contribution in [0.4, 0.5) is 16.2 Å². The molecule has 254 valence electrons. The molecule has 1 saturated heterocycles. The first-order chi connectivity index (χ1) is 24.8.